The number of thioether (sulfide) groups is 2. The van der Waals surface area contributed by atoms with Crippen molar-refractivity contribution in [3.8, 4) is 0 Å². The summed E-state index contributed by atoms with van der Waals surface area (Å²) in [5, 5.41) is 4.65. The van der Waals surface area contributed by atoms with E-state index in [0.29, 0.717) is 10.8 Å². The van der Waals surface area contributed by atoms with E-state index in [-0.39, 0.29) is 0 Å². The van der Waals surface area contributed by atoms with Crippen molar-refractivity contribution in [3.05, 3.63) is 0 Å². The van der Waals surface area contributed by atoms with Crippen LogP contribution in [-0.4, -0.2) is 34.5 Å². The van der Waals surface area contributed by atoms with Crippen LogP contribution in [0.1, 0.15) is 40.0 Å². The lowest BCUT2D eigenvalue weighted by Gasteiger charge is -2.27. The first-order valence-corrected chi connectivity index (χ1v) is 8.39. The molecule has 94 valence electrons. The lowest BCUT2D eigenvalue weighted by molar-refractivity contribution is 0.559. The standard InChI is InChI=1S/C12H24N2S2/c1-5-10-8-16-11(14-10)13-9-12(6-2,7-3)15-4/h10H,5-9H2,1-4H3,(H,13,14). The molecule has 2 nitrogen and oxygen atoms in total. The van der Waals surface area contributed by atoms with Crippen LogP contribution in [0, 0.1) is 0 Å². The van der Waals surface area contributed by atoms with Crippen LogP contribution in [0.25, 0.3) is 0 Å². The minimum atomic E-state index is 0.347. The van der Waals surface area contributed by atoms with Crippen LogP contribution in [0.4, 0.5) is 0 Å². The number of aliphatic imine (C=N–C) groups is 1. The molecule has 0 aliphatic carbocycles. The molecule has 0 aromatic heterocycles. The van der Waals surface area contributed by atoms with Gasteiger partial charge in [-0.3, -0.25) is 4.99 Å². The van der Waals surface area contributed by atoms with Gasteiger partial charge in [-0.05, 0) is 25.5 Å². The monoisotopic (exact) mass is 260 g/mol. The molecular weight excluding hydrogens is 236 g/mol. The van der Waals surface area contributed by atoms with Gasteiger partial charge in [-0.2, -0.15) is 11.8 Å². The number of rotatable bonds is 6. The molecule has 16 heavy (non-hydrogen) atoms. The normalized spacial score (nSPS) is 23.8. The van der Waals surface area contributed by atoms with Gasteiger partial charge in [-0.15, -0.1) is 0 Å². The van der Waals surface area contributed by atoms with Gasteiger partial charge < -0.3 is 5.32 Å². The van der Waals surface area contributed by atoms with Gasteiger partial charge in [0.1, 0.15) is 0 Å². The van der Waals surface area contributed by atoms with Crippen molar-refractivity contribution in [1.82, 2.24) is 5.32 Å². The Balaban J connectivity index is 2.51. The largest absolute Gasteiger partial charge is 0.361 e. The SMILES string of the molecule is CCC1CSC(=NCC(CC)(CC)SC)N1. The first-order valence-electron chi connectivity index (χ1n) is 6.18. The Morgan fingerprint density at radius 3 is 2.56 bits per heavy atom. The van der Waals surface area contributed by atoms with Crippen molar-refractivity contribution in [2.75, 3.05) is 18.6 Å². The smallest absolute Gasteiger partial charge is 0.156 e. The number of amidine groups is 1. The van der Waals surface area contributed by atoms with Gasteiger partial charge in [-0.25, -0.2) is 0 Å². The van der Waals surface area contributed by atoms with Gasteiger partial charge in [-0.1, -0.05) is 32.5 Å². The second-order valence-electron chi connectivity index (χ2n) is 4.28. The van der Waals surface area contributed by atoms with E-state index in [0.717, 1.165) is 11.7 Å². The molecule has 1 N–H and O–H groups in total. The fraction of sp³-hybridized carbons (Fsp3) is 0.917. The number of nitrogens with one attached hydrogen (secondary N) is 1. The van der Waals surface area contributed by atoms with Crippen LogP contribution in [0.5, 0.6) is 0 Å². The molecule has 1 aliphatic heterocycles. The van der Waals surface area contributed by atoms with E-state index in [4.69, 9.17) is 4.99 Å². The highest BCUT2D eigenvalue weighted by Crippen LogP contribution is 2.31. The lowest BCUT2D eigenvalue weighted by atomic mass is 10.0. The van der Waals surface area contributed by atoms with E-state index in [1.165, 1.54) is 25.0 Å². The predicted octanol–water partition coefficient (Wildman–Crippen LogP) is 3.38. The van der Waals surface area contributed by atoms with E-state index < -0.39 is 0 Å². The fourth-order valence-electron chi connectivity index (χ4n) is 1.79. The van der Waals surface area contributed by atoms with Crippen molar-refractivity contribution < 1.29 is 0 Å². The van der Waals surface area contributed by atoms with Crippen LogP contribution >= 0.6 is 23.5 Å². The summed E-state index contributed by atoms with van der Waals surface area (Å²) in [4.78, 5) is 4.75. The molecule has 1 atom stereocenters. The van der Waals surface area contributed by atoms with Crippen molar-refractivity contribution in [3.63, 3.8) is 0 Å². The third-order valence-electron chi connectivity index (χ3n) is 3.47. The van der Waals surface area contributed by atoms with Gasteiger partial charge in [0.2, 0.25) is 0 Å². The van der Waals surface area contributed by atoms with Gasteiger partial charge in [0, 0.05) is 16.5 Å². The van der Waals surface area contributed by atoms with E-state index in [1.54, 1.807) is 0 Å². The van der Waals surface area contributed by atoms with Gasteiger partial charge in [0.25, 0.3) is 0 Å². The lowest BCUT2D eigenvalue weighted by Crippen LogP contribution is -2.30. The maximum absolute atomic E-state index is 4.75. The highest BCUT2D eigenvalue weighted by Gasteiger charge is 2.25. The Morgan fingerprint density at radius 1 is 1.44 bits per heavy atom. The third-order valence-corrected chi connectivity index (χ3v) is 6.14. The van der Waals surface area contributed by atoms with Crippen molar-refractivity contribution in [2.24, 2.45) is 4.99 Å². The van der Waals surface area contributed by atoms with Crippen molar-refractivity contribution in [1.29, 1.82) is 0 Å². The van der Waals surface area contributed by atoms with E-state index in [1.807, 2.05) is 23.5 Å². The third kappa shape index (κ3) is 3.59. The topological polar surface area (TPSA) is 24.4 Å². The summed E-state index contributed by atoms with van der Waals surface area (Å²) < 4.78 is 0.347. The number of hydrogen-bond acceptors (Lipinski definition) is 3. The van der Waals surface area contributed by atoms with Crippen molar-refractivity contribution >= 4 is 28.7 Å². The molecule has 0 amide bonds. The first-order chi connectivity index (χ1) is 7.69. The summed E-state index contributed by atoms with van der Waals surface area (Å²) >= 11 is 3.84. The molecule has 1 heterocycles. The summed E-state index contributed by atoms with van der Waals surface area (Å²) in [5.74, 6) is 1.18. The van der Waals surface area contributed by atoms with Gasteiger partial charge in [0.15, 0.2) is 5.17 Å². The van der Waals surface area contributed by atoms with Crippen LogP contribution in [0.15, 0.2) is 4.99 Å². The first kappa shape index (κ1) is 14.2. The molecule has 0 aromatic rings. The summed E-state index contributed by atoms with van der Waals surface area (Å²) in [6.45, 7) is 7.72. The Kier molecular flexibility index (Phi) is 6.05. The summed E-state index contributed by atoms with van der Waals surface area (Å²) in [5.41, 5.74) is 0. The van der Waals surface area contributed by atoms with Crippen LogP contribution in [-0.2, 0) is 0 Å². The highest BCUT2D eigenvalue weighted by atomic mass is 32.2. The minimum Gasteiger partial charge on any atom is -0.361 e. The summed E-state index contributed by atoms with van der Waals surface area (Å²) in [6, 6.07) is 0.635. The zero-order valence-corrected chi connectivity index (χ0v) is 12.5. The fourth-order valence-corrected chi connectivity index (χ4v) is 3.65. The zero-order chi connectivity index (χ0) is 12.0. The molecule has 0 spiro atoms. The van der Waals surface area contributed by atoms with Gasteiger partial charge >= 0.3 is 0 Å². The van der Waals surface area contributed by atoms with Crippen LogP contribution in [0.2, 0.25) is 0 Å². The Morgan fingerprint density at radius 2 is 2.12 bits per heavy atom. The number of hydrogen-bond donors (Lipinski definition) is 1. The highest BCUT2D eigenvalue weighted by molar-refractivity contribution is 8.14. The Bertz CT molecular complexity index is 229. The second kappa shape index (κ2) is 6.80. The van der Waals surface area contributed by atoms with Crippen molar-refractivity contribution in [2.45, 2.75) is 50.8 Å². The average molecular weight is 260 g/mol. The average Bonchev–Trinajstić information content (AvgIpc) is 2.80. The maximum Gasteiger partial charge on any atom is 0.156 e. The minimum absolute atomic E-state index is 0.347. The quantitative estimate of drug-likeness (QED) is 0.792. The Labute approximate surface area is 108 Å². The molecule has 4 heteroatoms. The summed E-state index contributed by atoms with van der Waals surface area (Å²) in [7, 11) is 0. The van der Waals surface area contributed by atoms with E-state index in [2.05, 4.69) is 32.3 Å². The van der Waals surface area contributed by atoms with E-state index in [9.17, 15) is 0 Å². The maximum atomic E-state index is 4.75. The molecule has 0 bridgehead atoms. The predicted molar refractivity (Wildman–Crippen MR) is 78.8 cm³/mol. The second-order valence-corrected chi connectivity index (χ2v) is 6.56. The molecule has 0 saturated carbocycles. The van der Waals surface area contributed by atoms with Crippen LogP contribution in [0.3, 0.4) is 0 Å². The van der Waals surface area contributed by atoms with Gasteiger partial charge in [0.05, 0.1) is 6.54 Å². The molecule has 1 fully saturated rings. The zero-order valence-electron chi connectivity index (χ0n) is 10.9. The molecule has 1 aliphatic rings. The summed E-state index contributed by atoms with van der Waals surface area (Å²) in [6.07, 6.45) is 5.80. The molecule has 1 unspecified atom stereocenters. The number of nitrogens with zero attached hydrogens (tertiary/aromatic N) is 1. The van der Waals surface area contributed by atoms with Crippen LogP contribution < -0.4 is 5.32 Å². The molecule has 0 aromatic carbocycles. The molecule has 1 saturated heterocycles. The van der Waals surface area contributed by atoms with E-state index >= 15 is 0 Å². The molecule has 0 radical (unpaired) electrons. The molecule has 1 rings (SSSR count). The Hall–Kier alpha value is 0.170. The molecular formula is C12H24N2S2.